The van der Waals surface area contributed by atoms with Crippen molar-refractivity contribution in [2.45, 2.75) is 12.8 Å². The van der Waals surface area contributed by atoms with E-state index in [1.54, 1.807) is 6.20 Å². The number of aromatic nitrogens is 3. The summed E-state index contributed by atoms with van der Waals surface area (Å²) in [4.78, 5) is 24.5. The summed E-state index contributed by atoms with van der Waals surface area (Å²) in [6.07, 6.45) is 4.81. The van der Waals surface area contributed by atoms with Gasteiger partial charge in [0.25, 0.3) is 0 Å². The Bertz CT molecular complexity index is 1230. The smallest absolute Gasteiger partial charge is 0.228 e. The number of nitrogens with one attached hydrogen (secondary N) is 3. The average Bonchev–Trinajstić information content (AvgIpc) is 3.04. The summed E-state index contributed by atoms with van der Waals surface area (Å²) in [5.74, 6) is 0.490. The van der Waals surface area contributed by atoms with Gasteiger partial charge >= 0.3 is 0 Å². The lowest BCUT2D eigenvalue weighted by Crippen LogP contribution is -2.13. The fourth-order valence-electron chi connectivity index (χ4n) is 3.69. The minimum Gasteiger partial charge on any atom is -0.361 e. The van der Waals surface area contributed by atoms with Crippen LogP contribution in [0, 0.1) is 0 Å². The van der Waals surface area contributed by atoms with Crippen LogP contribution in [0.2, 0.25) is 5.02 Å². The van der Waals surface area contributed by atoms with Gasteiger partial charge in [0.1, 0.15) is 0 Å². The van der Waals surface area contributed by atoms with Crippen LogP contribution in [0.4, 0.5) is 11.6 Å². The number of para-hydroxylation sites is 1. The summed E-state index contributed by atoms with van der Waals surface area (Å²) in [6, 6.07) is 13.5. The SMILES string of the molecule is O=C1Cc2cnc(NCCc3c[nH]c4ccc(Cl)cc34)nc2-c2ccccc2N1. The summed E-state index contributed by atoms with van der Waals surface area (Å²) in [7, 11) is 0. The molecule has 1 aliphatic heterocycles. The van der Waals surface area contributed by atoms with Crippen LogP contribution < -0.4 is 10.6 Å². The van der Waals surface area contributed by atoms with Gasteiger partial charge in [0.15, 0.2) is 0 Å². The fourth-order valence-corrected chi connectivity index (χ4v) is 3.86. The summed E-state index contributed by atoms with van der Waals surface area (Å²) < 4.78 is 0. The molecule has 2 aromatic heterocycles. The van der Waals surface area contributed by atoms with Gasteiger partial charge in [0, 0.05) is 46.0 Å². The van der Waals surface area contributed by atoms with Crippen molar-refractivity contribution in [2.75, 3.05) is 17.2 Å². The average molecular weight is 404 g/mol. The second-order valence-electron chi connectivity index (χ2n) is 7.02. The van der Waals surface area contributed by atoms with Gasteiger partial charge < -0.3 is 15.6 Å². The molecule has 0 bridgehead atoms. The van der Waals surface area contributed by atoms with E-state index in [0.29, 0.717) is 12.5 Å². The van der Waals surface area contributed by atoms with Gasteiger partial charge in [0.2, 0.25) is 11.9 Å². The van der Waals surface area contributed by atoms with Gasteiger partial charge in [0.05, 0.1) is 17.8 Å². The molecule has 0 unspecified atom stereocenters. The highest BCUT2D eigenvalue weighted by atomic mass is 35.5. The summed E-state index contributed by atoms with van der Waals surface area (Å²) in [6.45, 7) is 0.678. The lowest BCUT2D eigenvalue weighted by atomic mass is 10.1. The second-order valence-corrected chi connectivity index (χ2v) is 7.46. The molecule has 0 saturated heterocycles. The number of aromatic amines is 1. The molecule has 7 heteroatoms. The largest absolute Gasteiger partial charge is 0.361 e. The van der Waals surface area contributed by atoms with E-state index in [2.05, 4.69) is 20.6 Å². The molecule has 5 rings (SSSR count). The monoisotopic (exact) mass is 403 g/mol. The third-order valence-electron chi connectivity index (χ3n) is 5.08. The number of nitrogens with zero attached hydrogens (tertiary/aromatic N) is 2. The van der Waals surface area contributed by atoms with E-state index in [1.165, 1.54) is 5.56 Å². The molecule has 2 aromatic carbocycles. The maximum absolute atomic E-state index is 12.1. The van der Waals surface area contributed by atoms with Crippen molar-refractivity contribution in [1.82, 2.24) is 15.0 Å². The Morgan fingerprint density at radius 1 is 1.17 bits per heavy atom. The lowest BCUT2D eigenvalue weighted by Gasteiger charge is -2.10. The van der Waals surface area contributed by atoms with E-state index in [0.717, 1.165) is 44.9 Å². The van der Waals surface area contributed by atoms with Crippen LogP contribution in [0.25, 0.3) is 22.2 Å². The quantitative estimate of drug-likeness (QED) is 0.470. The molecule has 29 heavy (non-hydrogen) atoms. The first-order chi connectivity index (χ1) is 14.2. The highest BCUT2D eigenvalue weighted by molar-refractivity contribution is 6.31. The number of amides is 1. The molecule has 144 valence electrons. The van der Waals surface area contributed by atoms with Gasteiger partial charge in [-0.05, 0) is 36.2 Å². The molecule has 1 aliphatic rings. The van der Waals surface area contributed by atoms with Crippen LogP contribution in [-0.2, 0) is 17.6 Å². The second kappa shape index (κ2) is 7.22. The summed E-state index contributed by atoms with van der Waals surface area (Å²) in [5.41, 5.74) is 5.55. The van der Waals surface area contributed by atoms with Gasteiger partial charge in [-0.3, -0.25) is 4.79 Å². The minimum atomic E-state index is -0.0569. The minimum absolute atomic E-state index is 0.0569. The molecule has 6 nitrogen and oxygen atoms in total. The van der Waals surface area contributed by atoms with E-state index < -0.39 is 0 Å². The highest BCUT2D eigenvalue weighted by Crippen LogP contribution is 2.32. The molecule has 3 heterocycles. The molecular weight excluding hydrogens is 386 g/mol. The van der Waals surface area contributed by atoms with Gasteiger partial charge in [-0.1, -0.05) is 29.8 Å². The Morgan fingerprint density at radius 3 is 3.00 bits per heavy atom. The Labute approximate surface area is 172 Å². The van der Waals surface area contributed by atoms with Crippen LogP contribution >= 0.6 is 11.6 Å². The zero-order valence-corrected chi connectivity index (χ0v) is 16.3. The van der Waals surface area contributed by atoms with Crippen molar-refractivity contribution in [3.05, 3.63) is 71.0 Å². The maximum Gasteiger partial charge on any atom is 0.228 e. The van der Waals surface area contributed by atoms with Crippen molar-refractivity contribution < 1.29 is 4.79 Å². The van der Waals surface area contributed by atoms with Crippen LogP contribution in [0.5, 0.6) is 0 Å². The van der Waals surface area contributed by atoms with E-state index in [-0.39, 0.29) is 12.3 Å². The van der Waals surface area contributed by atoms with Crippen molar-refractivity contribution in [3.63, 3.8) is 0 Å². The van der Waals surface area contributed by atoms with Gasteiger partial charge in [-0.2, -0.15) is 0 Å². The fraction of sp³-hybridized carbons (Fsp3) is 0.136. The van der Waals surface area contributed by atoms with Gasteiger partial charge in [-0.25, -0.2) is 9.97 Å². The normalized spacial score (nSPS) is 12.8. The first-order valence-electron chi connectivity index (χ1n) is 9.42. The Balaban J connectivity index is 1.38. The number of halogens is 1. The highest BCUT2D eigenvalue weighted by Gasteiger charge is 2.20. The topological polar surface area (TPSA) is 82.7 Å². The lowest BCUT2D eigenvalue weighted by molar-refractivity contribution is -0.115. The van der Waals surface area contributed by atoms with E-state index in [9.17, 15) is 4.79 Å². The Kier molecular flexibility index (Phi) is 4.41. The first-order valence-corrected chi connectivity index (χ1v) is 9.80. The van der Waals surface area contributed by atoms with Gasteiger partial charge in [-0.15, -0.1) is 0 Å². The van der Waals surface area contributed by atoms with Crippen LogP contribution in [-0.4, -0.2) is 27.4 Å². The molecule has 0 aliphatic carbocycles. The predicted molar refractivity (Wildman–Crippen MR) is 115 cm³/mol. The van der Waals surface area contributed by atoms with E-state index in [1.807, 2.05) is 48.7 Å². The molecule has 0 radical (unpaired) electrons. The zero-order valence-electron chi connectivity index (χ0n) is 15.5. The maximum atomic E-state index is 12.1. The number of benzene rings is 2. The number of anilines is 2. The number of carbonyl (C=O) groups excluding carboxylic acids is 1. The summed E-state index contributed by atoms with van der Waals surface area (Å²) in [5, 5.41) is 8.08. The van der Waals surface area contributed by atoms with Crippen molar-refractivity contribution in [2.24, 2.45) is 0 Å². The number of hydrogen-bond acceptors (Lipinski definition) is 4. The first kappa shape index (κ1) is 17.7. The van der Waals surface area contributed by atoms with Crippen LogP contribution in [0.1, 0.15) is 11.1 Å². The molecule has 0 atom stereocenters. The third-order valence-corrected chi connectivity index (χ3v) is 5.31. The van der Waals surface area contributed by atoms with E-state index >= 15 is 0 Å². The van der Waals surface area contributed by atoms with Crippen molar-refractivity contribution >= 4 is 40.0 Å². The van der Waals surface area contributed by atoms with E-state index in [4.69, 9.17) is 16.6 Å². The summed E-state index contributed by atoms with van der Waals surface area (Å²) >= 11 is 6.13. The Hall–Kier alpha value is -3.38. The standard InChI is InChI=1S/C22H18ClN5O/c23-15-5-6-18-17(10-15)13(11-25-18)7-8-24-22-26-12-14-9-20(29)27-19-4-2-1-3-16(19)21(14)28-22/h1-6,10-12,25H,7-9H2,(H,27,29)(H,24,26,28). The number of fused-ring (bicyclic) bond motifs is 4. The molecule has 4 aromatic rings. The molecule has 0 spiro atoms. The molecule has 3 N–H and O–H groups in total. The number of hydrogen-bond donors (Lipinski definition) is 3. The Morgan fingerprint density at radius 2 is 2.07 bits per heavy atom. The molecule has 1 amide bonds. The zero-order chi connectivity index (χ0) is 19.8. The van der Waals surface area contributed by atoms with Crippen LogP contribution in [0.15, 0.2) is 54.9 Å². The molecular formula is C22H18ClN5O. The molecule has 0 saturated carbocycles. The number of carbonyl (C=O) groups is 1. The molecule has 0 fully saturated rings. The van der Waals surface area contributed by atoms with Crippen LogP contribution in [0.3, 0.4) is 0 Å². The number of rotatable bonds is 4. The predicted octanol–water partition coefficient (Wildman–Crippen LogP) is 4.43. The van der Waals surface area contributed by atoms with Crippen molar-refractivity contribution in [1.29, 1.82) is 0 Å². The number of H-pyrrole nitrogens is 1. The third kappa shape index (κ3) is 3.43. The van der Waals surface area contributed by atoms with Crippen molar-refractivity contribution in [3.8, 4) is 11.3 Å².